The van der Waals surface area contributed by atoms with E-state index in [9.17, 15) is 27.9 Å². The van der Waals surface area contributed by atoms with Crippen LogP contribution < -0.4 is 10.6 Å². The van der Waals surface area contributed by atoms with Crippen LogP contribution in [-0.2, 0) is 10.5 Å². The number of benzene rings is 2. The van der Waals surface area contributed by atoms with Gasteiger partial charge in [-0.2, -0.15) is 13.2 Å². The number of Topliss-reactive ketones (excluding diaryl/α,β-unsaturated/α-hetero) is 1. The van der Waals surface area contributed by atoms with Crippen molar-refractivity contribution < 1.29 is 32.3 Å². The van der Waals surface area contributed by atoms with Gasteiger partial charge in [0.15, 0.2) is 5.72 Å². The van der Waals surface area contributed by atoms with Crippen molar-refractivity contribution in [3.05, 3.63) is 83.1 Å². The smallest absolute Gasteiger partial charge is 0.450 e. The minimum Gasteiger partial charge on any atom is -0.459 e. The average molecular weight is 465 g/mol. The molecule has 3 atom stereocenters. The number of halogens is 4. The van der Waals surface area contributed by atoms with Crippen molar-refractivity contribution in [2.24, 2.45) is 5.92 Å². The topological polar surface area (TPSA) is 91.6 Å². The molecule has 10 heteroatoms. The van der Waals surface area contributed by atoms with Crippen LogP contribution in [0.25, 0.3) is 11.3 Å². The molecule has 0 unspecified atom stereocenters. The molecule has 1 saturated heterocycles. The van der Waals surface area contributed by atoms with Crippen molar-refractivity contribution in [2.45, 2.75) is 17.9 Å². The third-order valence-corrected chi connectivity index (χ3v) is 5.55. The van der Waals surface area contributed by atoms with Gasteiger partial charge in [-0.15, -0.1) is 0 Å². The maximum absolute atomic E-state index is 13.6. The maximum atomic E-state index is 13.6. The summed E-state index contributed by atoms with van der Waals surface area (Å²) in [6.07, 6.45) is -5.28. The second kappa shape index (κ2) is 7.99. The Bertz CT molecular complexity index is 1170. The molecular weight excluding hydrogens is 449 g/mol. The molecular formula is C22H16ClF3N2O4. The van der Waals surface area contributed by atoms with Gasteiger partial charge < -0.3 is 20.2 Å². The van der Waals surface area contributed by atoms with E-state index < -0.39 is 35.7 Å². The summed E-state index contributed by atoms with van der Waals surface area (Å²) in [4.78, 5) is 24.8. The van der Waals surface area contributed by atoms with Gasteiger partial charge in [-0.1, -0.05) is 54.1 Å². The Kier molecular flexibility index (Phi) is 5.47. The number of ketones is 1. The third-order valence-electron chi connectivity index (χ3n) is 5.22. The highest BCUT2D eigenvalue weighted by Crippen LogP contribution is 2.44. The van der Waals surface area contributed by atoms with Gasteiger partial charge in [0, 0.05) is 11.1 Å². The minimum absolute atomic E-state index is 0.0830. The summed E-state index contributed by atoms with van der Waals surface area (Å²) in [6.45, 7) is 0. The van der Waals surface area contributed by atoms with Crippen LogP contribution in [-0.4, -0.2) is 23.1 Å². The van der Waals surface area contributed by atoms with Gasteiger partial charge in [-0.25, -0.2) is 4.79 Å². The van der Waals surface area contributed by atoms with Gasteiger partial charge in [-0.3, -0.25) is 4.79 Å². The lowest BCUT2D eigenvalue weighted by atomic mass is 9.77. The Morgan fingerprint density at radius 2 is 1.69 bits per heavy atom. The second-order valence-corrected chi connectivity index (χ2v) is 7.64. The highest BCUT2D eigenvalue weighted by atomic mass is 35.5. The molecule has 0 spiro atoms. The largest absolute Gasteiger partial charge is 0.459 e. The molecule has 2 amide bonds. The summed E-state index contributed by atoms with van der Waals surface area (Å²) in [5.74, 6) is -4.32. The Balaban J connectivity index is 1.84. The molecule has 32 heavy (non-hydrogen) atoms. The van der Waals surface area contributed by atoms with E-state index in [0.29, 0.717) is 10.6 Å². The zero-order valence-corrected chi connectivity index (χ0v) is 16.9. The molecule has 1 aliphatic heterocycles. The Morgan fingerprint density at radius 3 is 2.34 bits per heavy atom. The predicted molar refractivity (Wildman–Crippen MR) is 108 cm³/mol. The number of furan rings is 1. The van der Waals surface area contributed by atoms with E-state index in [-0.39, 0.29) is 17.1 Å². The molecule has 0 aliphatic carbocycles. The molecule has 0 radical (unpaired) electrons. The average Bonchev–Trinajstić information content (AvgIpc) is 3.23. The highest BCUT2D eigenvalue weighted by Gasteiger charge is 2.60. The van der Waals surface area contributed by atoms with Crippen molar-refractivity contribution >= 4 is 23.4 Å². The molecule has 3 N–H and O–H groups in total. The van der Waals surface area contributed by atoms with Crippen molar-refractivity contribution in [3.63, 3.8) is 0 Å². The van der Waals surface area contributed by atoms with Gasteiger partial charge >= 0.3 is 12.2 Å². The Morgan fingerprint density at radius 1 is 1.03 bits per heavy atom. The summed E-state index contributed by atoms with van der Waals surface area (Å²) < 4.78 is 46.4. The summed E-state index contributed by atoms with van der Waals surface area (Å²) in [6, 6.07) is 14.0. The van der Waals surface area contributed by atoms with Crippen LogP contribution in [0.2, 0.25) is 5.02 Å². The SMILES string of the molecule is O=C1N[C@H](c2ccc(-c3ccccc3Cl)o2)[C@@H](C(=O)C(F)(F)F)[C@@](O)(c2ccccc2)N1. The van der Waals surface area contributed by atoms with Crippen molar-refractivity contribution in [2.75, 3.05) is 0 Å². The van der Waals surface area contributed by atoms with Crippen LogP contribution in [0.4, 0.5) is 18.0 Å². The van der Waals surface area contributed by atoms with E-state index in [1.54, 1.807) is 30.3 Å². The standard InChI is InChI=1S/C22H16ClF3N2O4/c23-14-9-5-4-8-13(14)15-10-11-16(32-15)18-17(19(29)22(24,25)26)21(31,28-20(30)27-18)12-6-2-1-3-7-12/h1-11,17-18,31H,(H2,27,28,30)/t17-,18+,21-/m0/s1. The molecule has 6 nitrogen and oxygen atoms in total. The fraction of sp³-hybridized carbons (Fsp3) is 0.182. The first-order chi connectivity index (χ1) is 15.1. The normalized spacial score (nSPS) is 23.3. The highest BCUT2D eigenvalue weighted by molar-refractivity contribution is 6.33. The van der Waals surface area contributed by atoms with E-state index in [2.05, 4.69) is 10.6 Å². The maximum Gasteiger partial charge on any atom is 0.450 e. The summed E-state index contributed by atoms with van der Waals surface area (Å²) in [5, 5.41) is 16.0. The van der Waals surface area contributed by atoms with Crippen LogP contribution >= 0.6 is 11.6 Å². The molecule has 1 fully saturated rings. The number of alkyl halides is 3. The monoisotopic (exact) mass is 464 g/mol. The lowest BCUT2D eigenvalue weighted by molar-refractivity contribution is -0.190. The van der Waals surface area contributed by atoms with E-state index in [4.69, 9.17) is 16.0 Å². The predicted octanol–water partition coefficient (Wildman–Crippen LogP) is 4.55. The fourth-order valence-electron chi connectivity index (χ4n) is 3.78. The third kappa shape index (κ3) is 3.85. The molecule has 0 saturated carbocycles. The van der Waals surface area contributed by atoms with E-state index in [0.717, 1.165) is 0 Å². The molecule has 0 bridgehead atoms. The number of rotatable bonds is 4. The first kappa shape index (κ1) is 21.9. The van der Waals surface area contributed by atoms with Gasteiger partial charge in [0.2, 0.25) is 5.78 Å². The molecule has 2 aromatic carbocycles. The number of nitrogens with one attached hydrogen (secondary N) is 2. The number of amides is 2. The molecule has 1 aliphatic rings. The molecule has 2 heterocycles. The number of carbonyl (C=O) groups is 2. The zero-order valence-electron chi connectivity index (χ0n) is 16.2. The van der Waals surface area contributed by atoms with Crippen molar-refractivity contribution in [3.8, 4) is 11.3 Å². The van der Waals surface area contributed by atoms with Gasteiger partial charge in [0.1, 0.15) is 23.5 Å². The summed E-state index contributed by atoms with van der Waals surface area (Å²) in [7, 11) is 0. The van der Waals surface area contributed by atoms with Crippen molar-refractivity contribution in [1.29, 1.82) is 0 Å². The summed E-state index contributed by atoms with van der Waals surface area (Å²) >= 11 is 6.16. The number of aliphatic hydroxyl groups is 1. The number of hydrogen-bond donors (Lipinski definition) is 3. The van der Waals surface area contributed by atoms with Gasteiger partial charge in [0.05, 0.1) is 5.02 Å². The van der Waals surface area contributed by atoms with Crippen LogP contribution in [0.3, 0.4) is 0 Å². The number of hydrogen-bond acceptors (Lipinski definition) is 4. The molecule has 1 aromatic heterocycles. The van der Waals surface area contributed by atoms with E-state index >= 15 is 0 Å². The van der Waals surface area contributed by atoms with Crippen LogP contribution in [0.5, 0.6) is 0 Å². The van der Waals surface area contributed by atoms with Gasteiger partial charge in [-0.05, 0) is 24.3 Å². The first-order valence-electron chi connectivity index (χ1n) is 9.43. The Labute approximate surface area is 185 Å². The number of carbonyl (C=O) groups excluding carboxylic acids is 2. The minimum atomic E-state index is -5.28. The quantitative estimate of drug-likeness (QED) is 0.528. The Hall–Kier alpha value is -3.30. The van der Waals surface area contributed by atoms with Crippen LogP contribution in [0.15, 0.2) is 71.1 Å². The number of urea groups is 1. The first-order valence-corrected chi connectivity index (χ1v) is 9.81. The van der Waals surface area contributed by atoms with Crippen LogP contribution in [0.1, 0.15) is 17.4 Å². The summed E-state index contributed by atoms with van der Waals surface area (Å²) in [5.41, 5.74) is -2.25. The molecule has 166 valence electrons. The zero-order chi connectivity index (χ0) is 23.1. The fourth-order valence-corrected chi connectivity index (χ4v) is 4.00. The van der Waals surface area contributed by atoms with E-state index in [1.165, 1.54) is 36.4 Å². The molecule has 4 rings (SSSR count). The van der Waals surface area contributed by atoms with Crippen molar-refractivity contribution in [1.82, 2.24) is 10.6 Å². The lowest BCUT2D eigenvalue weighted by Gasteiger charge is -2.44. The lowest BCUT2D eigenvalue weighted by Crippen LogP contribution is -2.66. The van der Waals surface area contributed by atoms with Crippen LogP contribution in [0, 0.1) is 5.92 Å². The van der Waals surface area contributed by atoms with Gasteiger partial charge in [0.25, 0.3) is 0 Å². The molecule has 3 aromatic rings. The van der Waals surface area contributed by atoms with E-state index in [1.807, 2.05) is 0 Å². The second-order valence-electron chi connectivity index (χ2n) is 7.23.